The maximum atomic E-state index is 11.1. The number of nitro benzene ring substituents is 1. The normalized spacial score (nSPS) is 13.2. The molecule has 2 unspecified atom stereocenters. The van der Waals surface area contributed by atoms with Gasteiger partial charge in [-0.05, 0) is 32.9 Å². The number of nitrogens with zero attached hydrogens (tertiary/aromatic N) is 8. The molecule has 3 rings (SSSR count). The monoisotopic (exact) mass is 536 g/mol. The summed E-state index contributed by atoms with van der Waals surface area (Å²) in [5, 5.41) is 59.9. The molecule has 2 atom stereocenters. The number of nitrogens with one attached hydrogen (secondary N) is 2. The third-order valence-corrected chi connectivity index (χ3v) is 5.41. The summed E-state index contributed by atoms with van der Waals surface area (Å²) in [7, 11) is 0. The standard InChI is InChI=1S/C25H32N10O4/c1-14(36)12-27-22-20(16(3)29-24(30-22)28-13-15(2)37)31-32-23-19(11-26)21(25(4,5)6)33-34(23)17-7-9-18(10-8-17)35(38)39/h7-10,14-15,36-37H,12-13H2,1-6H3,(H2,27,28,29,30). The minimum atomic E-state index is -0.679. The number of non-ortho nitro benzene ring substituents is 1. The molecule has 2 heterocycles. The first-order valence-electron chi connectivity index (χ1n) is 12.2. The molecule has 14 heteroatoms. The van der Waals surface area contributed by atoms with E-state index < -0.39 is 22.5 Å². The summed E-state index contributed by atoms with van der Waals surface area (Å²) in [6, 6.07) is 7.90. The lowest BCUT2D eigenvalue weighted by molar-refractivity contribution is -0.384. The number of hydrogen-bond acceptors (Lipinski definition) is 12. The van der Waals surface area contributed by atoms with Crippen LogP contribution in [-0.4, -0.2) is 60.2 Å². The van der Waals surface area contributed by atoms with Crippen LogP contribution in [0.1, 0.15) is 51.6 Å². The average Bonchev–Trinajstić information content (AvgIpc) is 3.24. The summed E-state index contributed by atoms with van der Waals surface area (Å²) < 4.78 is 1.42. The zero-order valence-electron chi connectivity index (χ0n) is 22.7. The van der Waals surface area contributed by atoms with Gasteiger partial charge in [0, 0.05) is 30.6 Å². The van der Waals surface area contributed by atoms with E-state index in [1.165, 1.54) is 28.9 Å². The summed E-state index contributed by atoms with van der Waals surface area (Å²) in [5.74, 6) is 0.675. The second-order valence-corrected chi connectivity index (χ2v) is 10.1. The van der Waals surface area contributed by atoms with E-state index >= 15 is 0 Å². The van der Waals surface area contributed by atoms with Crippen molar-refractivity contribution >= 4 is 29.0 Å². The number of aryl methyl sites for hydroxylation is 1. The Kier molecular flexibility index (Phi) is 8.89. The van der Waals surface area contributed by atoms with Crippen molar-refractivity contribution in [3.63, 3.8) is 0 Å². The predicted molar refractivity (Wildman–Crippen MR) is 145 cm³/mol. The minimum absolute atomic E-state index is 0.0865. The van der Waals surface area contributed by atoms with Crippen LogP contribution in [0.25, 0.3) is 5.69 Å². The van der Waals surface area contributed by atoms with Crippen molar-refractivity contribution in [1.29, 1.82) is 5.26 Å². The van der Waals surface area contributed by atoms with E-state index in [1.807, 2.05) is 20.8 Å². The molecule has 0 radical (unpaired) electrons. The summed E-state index contributed by atoms with van der Waals surface area (Å²) in [4.78, 5) is 19.4. The molecule has 0 aliphatic rings. The number of anilines is 2. The Morgan fingerprint density at radius 2 is 1.72 bits per heavy atom. The molecule has 3 aromatic rings. The molecule has 0 aliphatic carbocycles. The second kappa shape index (κ2) is 11.9. The molecule has 4 N–H and O–H groups in total. The summed E-state index contributed by atoms with van der Waals surface area (Å²) in [5.41, 5.74) is 1.27. The molecular weight excluding hydrogens is 504 g/mol. The highest BCUT2D eigenvalue weighted by Crippen LogP contribution is 2.36. The van der Waals surface area contributed by atoms with E-state index in [0.717, 1.165) is 0 Å². The molecule has 0 saturated carbocycles. The third-order valence-electron chi connectivity index (χ3n) is 5.41. The number of nitro groups is 1. The van der Waals surface area contributed by atoms with Gasteiger partial charge >= 0.3 is 0 Å². The number of aliphatic hydroxyl groups is 2. The maximum absolute atomic E-state index is 11.1. The first-order chi connectivity index (χ1) is 18.3. The Morgan fingerprint density at radius 1 is 1.10 bits per heavy atom. The topological polar surface area (TPSA) is 200 Å². The van der Waals surface area contributed by atoms with Crippen LogP contribution in [0.15, 0.2) is 34.5 Å². The molecular formula is C25H32N10O4. The summed E-state index contributed by atoms with van der Waals surface area (Å²) in [6.45, 7) is 11.1. The molecule has 0 fully saturated rings. The van der Waals surface area contributed by atoms with Crippen molar-refractivity contribution in [2.24, 2.45) is 10.2 Å². The first-order valence-corrected chi connectivity index (χ1v) is 12.2. The van der Waals surface area contributed by atoms with Gasteiger partial charge in [-0.25, -0.2) is 9.67 Å². The Bertz CT molecular complexity index is 1400. The van der Waals surface area contributed by atoms with Crippen LogP contribution in [0.5, 0.6) is 0 Å². The predicted octanol–water partition coefficient (Wildman–Crippen LogP) is 4.05. The van der Waals surface area contributed by atoms with E-state index in [0.29, 0.717) is 17.1 Å². The Labute approximate surface area is 225 Å². The molecule has 0 saturated heterocycles. The lowest BCUT2D eigenvalue weighted by Gasteiger charge is -2.15. The SMILES string of the molecule is Cc1nc(NCC(C)O)nc(NCC(C)O)c1N=Nc1c(C#N)c(C(C)(C)C)nn1-c1ccc([N+](=O)[O-])cc1. The van der Waals surface area contributed by atoms with Gasteiger partial charge in [-0.15, -0.1) is 10.2 Å². The van der Waals surface area contributed by atoms with Crippen LogP contribution in [0.2, 0.25) is 0 Å². The number of azo groups is 1. The number of hydrogen-bond donors (Lipinski definition) is 4. The molecule has 0 spiro atoms. The highest BCUT2D eigenvalue weighted by molar-refractivity contribution is 5.65. The number of aromatic nitrogens is 4. The summed E-state index contributed by atoms with van der Waals surface area (Å²) in [6.07, 6.45) is -1.30. The Hall–Kier alpha value is -4.48. The van der Waals surface area contributed by atoms with E-state index in [9.17, 15) is 25.6 Å². The van der Waals surface area contributed by atoms with Crippen molar-refractivity contribution in [2.75, 3.05) is 23.7 Å². The second-order valence-electron chi connectivity index (χ2n) is 10.1. The van der Waals surface area contributed by atoms with E-state index in [2.05, 4.69) is 42.0 Å². The van der Waals surface area contributed by atoms with E-state index in [-0.39, 0.29) is 47.6 Å². The van der Waals surface area contributed by atoms with Crippen molar-refractivity contribution in [3.05, 3.63) is 51.3 Å². The van der Waals surface area contributed by atoms with Crippen LogP contribution >= 0.6 is 0 Å². The lowest BCUT2D eigenvalue weighted by Crippen LogP contribution is -2.19. The van der Waals surface area contributed by atoms with Gasteiger partial charge in [0.05, 0.1) is 34.2 Å². The van der Waals surface area contributed by atoms with Crippen molar-refractivity contribution in [3.8, 4) is 11.8 Å². The molecule has 2 aromatic heterocycles. The molecule has 0 aliphatic heterocycles. The van der Waals surface area contributed by atoms with Gasteiger partial charge in [-0.1, -0.05) is 20.8 Å². The van der Waals surface area contributed by atoms with Gasteiger partial charge in [-0.3, -0.25) is 10.1 Å². The van der Waals surface area contributed by atoms with Gasteiger partial charge in [0.15, 0.2) is 11.6 Å². The highest BCUT2D eigenvalue weighted by atomic mass is 16.6. The van der Waals surface area contributed by atoms with Crippen molar-refractivity contribution in [1.82, 2.24) is 19.7 Å². The molecule has 39 heavy (non-hydrogen) atoms. The lowest BCUT2D eigenvalue weighted by atomic mass is 9.90. The smallest absolute Gasteiger partial charge is 0.269 e. The number of benzene rings is 1. The van der Waals surface area contributed by atoms with Crippen molar-refractivity contribution in [2.45, 2.75) is 59.2 Å². The van der Waals surface area contributed by atoms with E-state index in [1.54, 1.807) is 20.8 Å². The fourth-order valence-corrected chi connectivity index (χ4v) is 3.49. The number of aliphatic hydroxyl groups excluding tert-OH is 2. The molecule has 14 nitrogen and oxygen atoms in total. The van der Waals surface area contributed by atoms with Gasteiger partial charge < -0.3 is 20.8 Å². The van der Waals surface area contributed by atoms with Gasteiger partial charge in [0.1, 0.15) is 17.3 Å². The van der Waals surface area contributed by atoms with Gasteiger partial charge in [0.25, 0.3) is 5.69 Å². The Morgan fingerprint density at radius 3 is 2.26 bits per heavy atom. The molecule has 0 bridgehead atoms. The molecule has 1 aromatic carbocycles. The Balaban J connectivity index is 2.16. The maximum Gasteiger partial charge on any atom is 0.269 e. The quantitative estimate of drug-likeness (QED) is 0.166. The van der Waals surface area contributed by atoms with Crippen LogP contribution < -0.4 is 10.6 Å². The fraction of sp³-hybridized carbons (Fsp3) is 0.440. The third kappa shape index (κ3) is 7.09. The zero-order valence-corrected chi connectivity index (χ0v) is 22.7. The first kappa shape index (κ1) is 29.1. The minimum Gasteiger partial charge on any atom is -0.392 e. The number of rotatable bonds is 10. The van der Waals surface area contributed by atoms with Crippen LogP contribution in [0.3, 0.4) is 0 Å². The fourth-order valence-electron chi connectivity index (χ4n) is 3.49. The van der Waals surface area contributed by atoms with Gasteiger partial charge in [0.2, 0.25) is 5.95 Å². The van der Waals surface area contributed by atoms with Crippen LogP contribution in [-0.2, 0) is 5.41 Å². The van der Waals surface area contributed by atoms with Gasteiger partial charge in [-0.2, -0.15) is 15.3 Å². The number of nitriles is 1. The van der Waals surface area contributed by atoms with Crippen LogP contribution in [0, 0.1) is 28.4 Å². The van der Waals surface area contributed by atoms with Crippen LogP contribution in [0.4, 0.5) is 29.0 Å². The highest BCUT2D eigenvalue weighted by Gasteiger charge is 2.28. The van der Waals surface area contributed by atoms with E-state index in [4.69, 9.17) is 0 Å². The zero-order chi connectivity index (χ0) is 28.9. The average molecular weight is 537 g/mol. The van der Waals surface area contributed by atoms with Crippen molar-refractivity contribution < 1.29 is 15.1 Å². The largest absolute Gasteiger partial charge is 0.392 e. The molecule has 0 amide bonds. The molecule has 206 valence electrons. The summed E-state index contributed by atoms with van der Waals surface area (Å²) >= 11 is 0.